The van der Waals surface area contributed by atoms with Crippen LogP contribution in [0.2, 0.25) is 0 Å². The summed E-state index contributed by atoms with van der Waals surface area (Å²) in [6.45, 7) is 4.26. The minimum Gasteiger partial charge on any atom is -0.385 e. The monoisotopic (exact) mass is 356 g/mol. The molecule has 0 spiro atoms. The van der Waals surface area contributed by atoms with Crippen molar-refractivity contribution < 1.29 is 22.7 Å². The molecule has 1 aromatic rings. The number of carbonyl (C=O) groups excluding carboxylic acids is 1. The van der Waals surface area contributed by atoms with Crippen molar-refractivity contribution in [1.82, 2.24) is 9.62 Å². The van der Waals surface area contributed by atoms with Crippen LogP contribution < -0.4 is 5.32 Å². The molecule has 0 saturated carbocycles. The molecule has 1 heterocycles. The Bertz CT molecular complexity index is 669. The van der Waals surface area contributed by atoms with Gasteiger partial charge in [0.2, 0.25) is 10.0 Å². The van der Waals surface area contributed by atoms with Gasteiger partial charge in [-0.05, 0) is 31.0 Å². The number of hydrogen-bond donors (Lipinski definition) is 1. The molecule has 1 aromatic carbocycles. The number of amides is 1. The van der Waals surface area contributed by atoms with Crippen LogP contribution in [0.3, 0.4) is 0 Å². The predicted octanol–water partition coefficient (Wildman–Crippen LogP) is 0.782. The summed E-state index contributed by atoms with van der Waals surface area (Å²) >= 11 is 0. The lowest BCUT2D eigenvalue weighted by molar-refractivity contribution is 0.0730. The lowest BCUT2D eigenvalue weighted by Crippen LogP contribution is -2.40. The number of nitrogens with zero attached hydrogens (tertiary/aromatic N) is 1. The molecule has 1 N–H and O–H groups in total. The van der Waals surface area contributed by atoms with Gasteiger partial charge in [-0.3, -0.25) is 4.79 Å². The number of ether oxygens (including phenoxy) is 2. The molecule has 2 rings (SSSR count). The highest BCUT2D eigenvalue weighted by atomic mass is 32.2. The molecule has 1 amide bonds. The minimum atomic E-state index is -3.61. The van der Waals surface area contributed by atoms with Crippen molar-refractivity contribution in [1.29, 1.82) is 0 Å². The maximum Gasteiger partial charge on any atom is 0.251 e. The second-order valence-corrected chi connectivity index (χ2v) is 7.53. The van der Waals surface area contributed by atoms with Crippen LogP contribution in [0.25, 0.3) is 0 Å². The summed E-state index contributed by atoms with van der Waals surface area (Å²) in [6, 6.07) is 4.66. The van der Waals surface area contributed by atoms with E-state index in [-0.39, 0.29) is 10.8 Å². The Morgan fingerprint density at radius 2 is 2.04 bits per heavy atom. The second-order valence-electron chi connectivity index (χ2n) is 5.60. The summed E-state index contributed by atoms with van der Waals surface area (Å²) in [4.78, 5) is 12.4. The van der Waals surface area contributed by atoms with Crippen molar-refractivity contribution in [2.24, 2.45) is 0 Å². The Kier molecular flexibility index (Phi) is 6.73. The van der Waals surface area contributed by atoms with Gasteiger partial charge in [-0.15, -0.1) is 0 Å². The number of methoxy groups -OCH3 is 1. The lowest BCUT2D eigenvalue weighted by atomic mass is 10.1. The predicted molar refractivity (Wildman–Crippen MR) is 89.6 cm³/mol. The van der Waals surface area contributed by atoms with Crippen LogP contribution in [0.5, 0.6) is 0 Å². The Morgan fingerprint density at radius 1 is 1.33 bits per heavy atom. The smallest absolute Gasteiger partial charge is 0.251 e. The van der Waals surface area contributed by atoms with Crippen LogP contribution in [0.1, 0.15) is 22.3 Å². The molecule has 0 unspecified atom stereocenters. The van der Waals surface area contributed by atoms with Crippen molar-refractivity contribution in [2.75, 3.05) is 46.6 Å². The fourth-order valence-corrected chi connectivity index (χ4v) is 3.89. The van der Waals surface area contributed by atoms with Gasteiger partial charge in [0.25, 0.3) is 5.91 Å². The number of benzene rings is 1. The fourth-order valence-electron chi connectivity index (χ4n) is 2.46. The molecule has 0 aromatic heterocycles. The quantitative estimate of drug-likeness (QED) is 0.730. The van der Waals surface area contributed by atoms with Crippen LogP contribution in [0.15, 0.2) is 23.1 Å². The van der Waals surface area contributed by atoms with Gasteiger partial charge in [-0.1, -0.05) is 6.07 Å². The summed E-state index contributed by atoms with van der Waals surface area (Å²) in [5.74, 6) is -0.275. The van der Waals surface area contributed by atoms with Crippen LogP contribution in [0.4, 0.5) is 0 Å². The zero-order chi connectivity index (χ0) is 17.6. The fraction of sp³-hybridized carbons (Fsp3) is 0.562. The van der Waals surface area contributed by atoms with E-state index >= 15 is 0 Å². The first kappa shape index (κ1) is 18.9. The molecule has 0 radical (unpaired) electrons. The molecule has 134 valence electrons. The minimum absolute atomic E-state index is 0.136. The molecule has 7 nitrogen and oxygen atoms in total. The number of hydrogen-bond acceptors (Lipinski definition) is 5. The number of sulfonamides is 1. The number of rotatable bonds is 7. The van der Waals surface area contributed by atoms with Gasteiger partial charge in [0.15, 0.2) is 0 Å². The number of aryl methyl sites for hydroxylation is 1. The van der Waals surface area contributed by atoms with Crippen LogP contribution >= 0.6 is 0 Å². The van der Waals surface area contributed by atoms with Gasteiger partial charge in [-0.25, -0.2) is 8.42 Å². The van der Waals surface area contributed by atoms with Crippen molar-refractivity contribution in [3.8, 4) is 0 Å². The Labute approximate surface area is 143 Å². The van der Waals surface area contributed by atoms with Gasteiger partial charge < -0.3 is 14.8 Å². The highest BCUT2D eigenvalue weighted by molar-refractivity contribution is 7.89. The van der Waals surface area contributed by atoms with E-state index < -0.39 is 10.0 Å². The van der Waals surface area contributed by atoms with E-state index in [1.165, 1.54) is 10.4 Å². The molecule has 0 bridgehead atoms. The molecular formula is C16H24N2O5S. The van der Waals surface area contributed by atoms with Gasteiger partial charge in [0.05, 0.1) is 18.1 Å². The molecule has 1 saturated heterocycles. The van der Waals surface area contributed by atoms with Crippen LogP contribution in [0, 0.1) is 6.92 Å². The summed E-state index contributed by atoms with van der Waals surface area (Å²) in [7, 11) is -2.01. The third kappa shape index (κ3) is 4.54. The first-order valence-electron chi connectivity index (χ1n) is 7.92. The average Bonchev–Trinajstić information content (AvgIpc) is 2.59. The largest absolute Gasteiger partial charge is 0.385 e. The van der Waals surface area contributed by atoms with Gasteiger partial charge in [0, 0.05) is 38.9 Å². The lowest BCUT2D eigenvalue weighted by Gasteiger charge is -2.26. The molecule has 0 aliphatic carbocycles. The van der Waals surface area contributed by atoms with E-state index in [4.69, 9.17) is 9.47 Å². The first-order chi connectivity index (χ1) is 11.5. The number of morpholine rings is 1. The van der Waals surface area contributed by atoms with E-state index in [0.717, 1.165) is 5.56 Å². The Hall–Kier alpha value is -1.48. The van der Waals surface area contributed by atoms with Crippen molar-refractivity contribution in [3.05, 3.63) is 29.3 Å². The first-order valence-corrected chi connectivity index (χ1v) is 9.36. The summed E-state index contributed by atoms with van der Waals surface area (Å²) in [5, 5.41) is 2.79. The summed E-state index contributed by atoms with van der Waals surface area (Å²) < 4.78 is 36.9. The SMILES string of the molecule is COCCCNC(=O)c1cc(S(=O)(=O)N2CCOCC2)ccc1C. The Balaban J connectivity index is 2.16. The van der Waals surface area contributed by atoms with E-state index in [1.807, 2.05) is 0 Å². The molecule has 8 heteroatoms. The van der Waals surface area contributed by atoms with Crippen LogP contribution in [-0.2, 0) is 19.5 Å². The normalized spacial score (nSPS) is 16.1. The topological polar surface area (TPSA) is 84.9 Å². The highest BCUT2D eigenvalue weighted by Gasteiger charge is 2.27. The Morgan fingerprint density at radius 3 is 2.71 bits per heavy atom. The van der Waals surface area contributed by atoms with Crippen molar-refractivity contribution in [2.45, 2.75) is 18.2 Å². The standard InChI is InChI=1S/C16H24N2O5S/c1-13-4-5-14(24(20,21)18-7-10-23-11-8-18)12-15(13)16(19)17-6-3-9-22-2/h4-5,12H,3,6-11H2,1-2H3,(H,17,19). The van der Waals surface area contributed by atoms with E-state index in [2.05, 4.69) is 5.32 Å². The molecule has 1 aliphatic heterocycles. The van der Waals surface area contributed by atoms with E-state index in [0.29, 0.717) is 51.4 Å². The van der Waals surface area contributed by atoms with Gasteiger partial charge >= 0.3 is 0 Å². The summed E-state index contributed by atoms with van der Waals surface area (Å²) in [6.07, 6.45) is 0.701. The number of nitrogens with one attached hydrogen (secondary N) is 1. The third-order valence-electron chi connectivity index (χ3n) is 3.87. The van der Waals surface area contributed by atoms with Crippen LogP contribution in [-0.4, -0.2) is 65.2 Å². The average molecular weight is 356 g/mol. The van der Waals surface area contributed by atoms with E-state index in [1.54, 1.807) is 26.2 Å². The molecule has 0 atom stereocenters. The van der Waals surface area contributed by atoms with Crippen molar-refractivity contribution >= 4 is 15.9 Å². The van der Waals surface area contributed by atoms with Gasteiger partial charge in [0.1, 0.15) is 0 Å². The molecule has 1 fully saturated rings. The summed E-state index contributed by atoms with van der Waals surface area (Å²) in [5.41, 5.74) is 1.11. The van der Waals surface area contributed by atoms with Crippen molar-refractivity contribution in [3.63, 3.8) is 0 Å². The van der Waals surface area contributed by atoms with Gasteiger partial charge in [-0.2, -0.15) is 4.31 Å². The number of carbonyl (C=O) groups is 1. The highest BCUT2D eigenvalue weighted by Crippen LogP contribution is 2.20. The molecule has 1 aliphatic rings. The zero-order valence-electron chi connectivity index (χ0n) is 14.1. The second kappa shape index (κ2) is 8.57. The maximum atomic E-state index is 12.7. The third-order valence-corrected chi connectivity index (χ3v) is 5.77. The zero-order valence-corrected chi connectivity index (χ0v) is 14.9. The van der Waals surface area contributed by atoms with E-state index in [9.17, 15) is 13.2 Å². The molecule has 24 heavy (non-hydrogen) atoms. The molecular weight excluding hydrogens is 332 g/mol. The maximum absolute atomic E-state index is 12.7.